The van der Waals surface area contributed by atoms with Gasteiger partial charge in [0.15, 0.2) is 0 Å². The molecule has 1 atom stereocenters. The molecular weight excluding hydrogens is 257 g/mol. The van der Waals surface area contributed by atoms with Gasteiger partial charge in [0, 0.05) is 16.6 Å². The van der Waals surface area contributed by atoms with Crippen LogP contribution >= 0.6 is 23.2 Å². The fraction of sp³-hybridized carbons (Fsp3) is 0.538. The maximum atomic E-state index is 6.28. The van der Waals surface area contributed by atoms with Crippen LogP contribution in [0.2, 0.25) is 10.0 Å². The maximum Gasteiger partial charge on any atom is 0.144 e. The Morgan fingerprint density at radius 1 is 1.35 bits per heavy atom. The van der Waals surface area contributed by atoms with Crippen molar-refractivity contribution in [2.24, 2.45) is 0 Å². The summed E-state index contributed by atoms with van der Waals surface area (Å²) in [6.45, 7) is 3.84. The van der Waals surface area contributed by atoms with Gasteiger partial charge in [-0.05, 0) is 37.9 Å². The third-order valence-corrected chi connectivity index (χ3v) is 3.59. The second-order valence-corrected chi connectivity index (χ2v) is 5.08. The second kappa shape index (κ2) is 5.94. The molecule has 17 heavy (non-hydrogen) atoms. The molecule has 0 spiro atoms. The Balaban J connectivity index is 2.36. The minimum Gasteiger partial charge on any atom is -0.492 e. The molecule has 1 aliphatic heterocycles. The molecule has 0 saturated carbocycles. The van der Waals surface area contributed by atoms with Gasteiger partial charge >= 0.3 is 0 Å². The zero-order valence-electron chi connectivity index (χ0n) is 9.93. The average Bonchev–Trinajstić information content (AvgIpc) is 2.54. The van der Waals surface area contributed by atoms with Gasteiger partial charge in [0.05, 0.1) is 11.6 Å². The monoisotopic (exact) mass is 273 g/mol. The van der Waals surface area contributed by atoms with Crippen LogP contribution in [-0.4, -0.2) is 13.2 Å². The number of fused-ring (bicyclic) bond motifs is 1. The summed E-state index contributed by atoms with van der Waals surface area (Å²) in [4.78, 5) is 0. The van der Waals surface area contributed by atoms with E-state index < -0.39 is 0 Å². The minimum absolute atomic E-state index is 0.249. The summed E-state index contributed by atoms with van der Waals surface area (Å²) in [5, 5.41) is 4.90. The zero-order chi connectivity index (χ0) is 12.3. The summed E-state index contributed by atoms with van der Waals surface area (Å²) in [6.07, 6.45) is 3.15. The molecule has 1 aliphatic rings. The van der Waals surface area contributed by atoms with Crippen molar-refractivity contribution < 1.29 is 4.74 Å². The molecule has 1 aromatic carbocycles. The molecule has 4 heteroatoms. The van der Waals surface area contributed by atoms with Crippen molar-refractivity contribution in [1.29, 1.82) is 0 Å². The highest BCUT2D eigenvalue weighted by atomic mass is 35.5. The van der Waals surface area contributed by atoms with Gasteiger partial charge in [-0.15, -0.1) is 0 Å². The Morgan fingerprint density at radius 2 is 2.12 bits per heavy atom. The molecular formula is C13H17Cl2NO. The molecule has 0 aromatic heterocycles. The normalized spacial score (nSPS) is 19.4. The van der Waals surface area contributed by atoms with Gasteiger partial charge in [-0.2, -0.15) is 0 Å². The maximum absolute atomic E-state index is 6.28. The molecule has 0 radical (unpaired) electrons. The van der Waals surface area contributed by atoms with Crippen LogP contribution in [0.1, 0.15) is 37.8 Å². The summed E-state index contributed by atoms with van der Waals surface area (Å²) in [7, 11) is 0. The predicted molar refractivity (Wildman–Crippen MR) is 72.2 cm³/mol. The molecule has 0 bridgehead atoms. The number of ether oxygens (including phenoxy) is 1. The second-order valence-electron chi connectivity index (χ2n) is 4.27. The van der Waals surface area contributed by atoms with Crippen LogP contribution in [0.5, 0.6) is 5.75 Å². The highest BCUT2D eigenvalue weighted by Gasteiger charge is 2.23. The standard InChI is InChI=1S/C13H17Cl2NO/c1-2-7-16-11-4-3-8-17-13-10(15)6-5-9(14)12(11)13/h5-6,11,16H,2-4,7-8H2,1H3. The van der Waals surface area contributed by atoms with Crippen LogP contribution in [0.3, 0.4) is 0 Å². The van der Waals surface area contributed by atoms with Gasteiger partial charge in [-0.1, -0.05) is 30.1 Å². The summed E-state index contributed by atoms with van der Waals surface area (Å²) >= 11 is 12.5. The largest absolute Gasteiger partial charge is 0.492 e. The first-order valence-electron chi connectivity index (χ1n) is 6.08. The van der Waals surface area contributed by atoms with Crippen LogP contribution in [0.25, 0.3) is 0 Å². The fourth-order valence-electron chi connectivity index (χ4n) is 2.15. The number of benzene rings is 1. The first-order chi connectivity index (χ1) is 8.24. The van der Waals surface area contributed by atoms with Crippen molar-refractivity contribution in [1.82, 2.24) is 5.32 Å². The molecule has 1 heterocycles. The van der Waals surface area contributed by atoms with Crippen LogP contribution in [0.4, 0.5) is 0 Å². The molecule has 2 rings (SSSR count). The molecule has 1 aromatic rings. The van der Waals surface area contributed by atoms with Gasteiger partial charge in [0.2, 0.25) is 0 Å². The van der Waals surface area contributed by atoms with E-state index in [0.29, 0.717) is 11.6 Å². The number of nitrogens with one attached hydrogen (secondary N) is 1. The summed E-state index contributed by atoms with van der Waals surface area (Å²) < 4.78 is 5.71. The smallest absolute Gasteiger partial charge is 0.144 e. The fourth-order valence-corrected chi connectivity index (χ4v) is 2.65. The van der Waals surface area contributed by atoms with Gasteiger partial charge in [-0.25, -0.2) is 0 Å². The van der Waals surface area contributed by atoms with E-state index in [0.717, 1.165) is 42.1 Å². The van der Waals surface area contributed by atoms with Crippen molar-refractivity contribution in [2.45, 2.75) is 32.2 Å². The molecule has 0 fully saturated rings. The molecule has 1 unspecified atom stereocenters. The van der Waals surface area contributed by atoms with E-state index in [-0.39, 0.29) is 6.04 Å². The first-order valence-corrected chi connectivity index (χ1v) is 6.83. The SMILES string of the molecule is CCCNC1CCCOc2c(Cl)ccc(Cl)c21. The van der Waals surface area contributed by atoms with Gasteiger partial charge in [0.25, 0.3) is 0 Å². The molecule has 0 aliphatic carbocycles. The highest BCUT2D eigenvalue weighted by Crippen LogP contribution is 2.41. The first kappa shape index (κ1) is 13.0. The van der Waals surface area contributed by atoms with E-state index in [9.17, 15) is 0 Å². The summed E-state index contributed by atoms with van der Waals surface area (Å²) in [5.74, 6) is 0.755. The number of halogens is 2. The van der Waals surface area contributed by atoms with E-state index in [1.54, 1.807) is 6.07 Å². The average molecular weight is 274 g/mol. The van der Waals surface area contributed by atoms with E-state index in [2.05, 4.69) is 12.2 Å². The lowest BCUT2D eigenvalue weighted by molar-refractivity contribution is 0.315. The third-order valence-electron chi connectivity index (χ3n) is 2.97. The lowest BCUT2D eigenvalue weighted by atomic mass is 10.0. The Morgan fingerprint density at radius 3 is 2.88 bits per heavy atom. The Labute approximate surface area is 112 Å². The minimum atomic E-state index is 0.249. The Kier molecular flexibility index (Phi) is 4.55. The summed E-state index contributed by atoms with van der Waals surface area (Å²) in [5.41, 5.74) is 1.02. The van der Waals surface area contributed by atoms with Crippen LogP contribution in [-0.2, 0) is 0 Å². The number of rotatable bonds is 3. The van der Waals surface area contributed by atoms with E-state index in [4.69, 9.17) is 27.9 Å². The topological polar surface area (TPSA) is 21.3 Å². The van der Waals surface area contributed by atoms with Crippen LogP contribution in [0, 0.1) is 0 Å². The lowest BCUT2D eigenvalue weighted by Gasteiger charge is -2.20. The predicted octanol–water partition coefficient (Wildman–Crippen LogP) is 4.21. The quantitative estimate of drug-likeness (QED) is 0.891. The number of hydrogen-bond donors (Lipinski definition) is 1. The van der Waals surface area contributed by atoms with Crippen LogP contribution < -0.4 is 10.1 Å². The Hall–Kier alpha value is -0.440. The molecule has 0 amide bonds. The lowest BCUT2D eigenvalue weighted by Crippen LogP contribution is -2.22. The molecule has 1 N–H and O–H groups in total. The van der Waals surface area contributed by atoms with E-state index in [1.165, 1.54) is 0 Å². The van der Waals surface area contributed by atoms with Crippen molar-refractivity contribution in [2.75, 3.05) is 13.2 Å². The van der Waals surface area contributed by atoms with Crippen molar-refractivity contribution >= 4 is 23.2 Å². The van der Waals surface area contributed by atoms with Crippen molar-refractivity contribution in [3.05, 3.63) is 27.7 Å². The molecule has 0 saturated heterocycles. The molecule has 94 valence electrons. The zero-order valence-corrected chi connectivity index (χ0v) is 11.4. The highest BCUT2D eigenvalue weighted by molar-refractivity contribution is 6.35. The van der Waals surface area contributed by atoms with E-state index >= 15 is 0 Å². The van der Waals surface area contributed by atoms with Gasteiger partial charge in [0.1, 0.15) is 5.75 Å². The Bertz CT molecular complexity index is 395. The third kappa shape index (κ3) is 2.87. The van der Waals surface area contributed by atoms with Gasteiger partial charge < -0.3 is 10.1 Å². The van der Waals surface area contributed by atoms with Crippen molar-refractivity contribution in [3.63, 3.8) is 0 Å². The van der Waals surface area contributed by atoms with E-state index in [1.807, 2.05) is 6.07 Å². The summed E-state index contributed by atoms with van der Waals surface area (Å²) in [6, 6.07) is 3.89. The van der Waals surface area contributed by atoms with Crippen LogP contribution in [0.15, 0.2) is 12.1 Å². The van der Waals surface area contributed by atoms with Crippen molar-refractivity contribution in [3.8, 4) is 5.75 Å². The number of hydrogen-bond acceptors (Lipinski definition) is 2. The molecule has 2 nitrogen and oxygen atoms in total. The van der Waals surface area contributed by atoms with Gasteiger partial charge in [-0.3, -0.25) is 0 Å².